The van der Waals surface area contributed by atoms with Crippen LogP contribution in [-0.2, 0) is 19.1 Å². The minimum absolute atomic E-state index is 0.0506. The Labute approximate surface area is 125 Å². The highest BCUT2D eigenvalue weighted by Gasteiger charge is 2.30. The van der Waals surface area contributed by atoms with Gasteiger partial charge in [-0.15, -0.1) is 0 Å². The molecule has 2 saturated heterocycles. The van der Waals surface area contributed by atoms with Gasteiger partial charge in [0.25, 0.3) is 0 Å². The number of morpholine rings is 1. The minimum atomic E-state index is -0.496. The van der Waals surface area contributed by atoms with Gasteiger partial charge in [0.1, 0.15) is 0 Å². The van der Waals surface area contributed by atoms with Crippen LogP contribution < -0.4 is 5.73 Å². The SMILES string of the molecule is CN1CCO[C@@H](CN(CC(N)=O)C(=O)[C@H]2CCCOC2)C1. The van der Waals surface area contributed by atoms with Crippen molar-refractivity contribution in [2.24, 2.45) is 11.7 Å². The molecule has 0 spiro atoms. The van der Waals surface area contributed by atoms with E-state index in [4.69, 9.17) is 15.2 Å². The van der Waals surface area contributed by atoms with Crippen LogP contribution in [0.4, 0.5) is 0 Å². The second-order valence-electron chi connectivity index (χ2n) is 5.85. The van der Waals surface area contributed by atoms with Crippen LogP contribution in [0.5, 0.6) is 0 Å². The van der Waals surface area contributed by atoms with Crippen LogP contribution in [0, 0.1) is 5.92 Å². The zero-order chi connectivity index (χ0) is 15.2. The standard InChI is InChI=1S/C14H25N3O4/c1-16-4-6-21-12(7-16)8-17(9-13(15)18)14(19)11-3-2-5-20-10-11/h11-12H,2-10H2,1H3,(H2,15,18)/t11-,12+/m0/s1. The minimum Gasteiger partial charge on any atom is -0.381 e. The van der Waals surface area contributed by atoms with Gasteiger partial charge in [-0.25, -0.2) is 0 Å². The molecule has 0 saturated carbocycles. The Balaban J connectivity index is 1.95. The average molecular weight is 299 g/mol. The zero-order valence-corrected chi connectivity index (χ0v) is 12.6. The monoisotopic (exact) mass is 299 g/mol. The maximum atomic E-state index is 12.6. The van der Waals surface area contributed by atoms with Crippen LogP contribution in [0.1, 0.15) is 12.8 Å². The van der Waals surface area contributed by atoms with E-state index in [2.05, 4.69) is 4.90 Å². The lowest BCUT2D eigenvalue weighted by atomic mass is 10.0. The topological polar surface area (TPSA) is 85.1 Å². The van der Waals surface area contributed by atoms with E-state index in [0.29, 0.717) is 26.4 Å². The first-order chi connectivity index (χ1) is 10.1. The Kier molecular flexibility index (Phi) is 5.96. The highest BCUT2D eigenvalue weighted by Crippen LogP contribution is 2.17. The number of ether oxygens (including phenoxy) is 2. The molecular formula is C14H25N3O4. The molecule has 7 heteroatoms. The first-order valence-corrected chi connectivity index (χ1v) is 7.51. The smallest absolute Gasteiger partial charge is 0.237 e. The van der Waals surface area contributed by atoms with E-state index in [0.717, 1.165) is 25.9 Å². The predicted octanol–water partition coefficient (Wildman–Crippen LogP) is -0.942. The van der Waals surface area contributed by atoms with Crippen molar-refractivity contribution in [3.63, 3.8) is 0 Å². The van der Waals surface area contributed by atoms with Crippen molar-refractivity contribution >= 4 is 11.8 Å². The summed E-state index contributed by atoms with van der Waals surface area (Å²) in [4.78, 5) is 27.5. The molecule has 2 rings (SSSR count). The number of primary amides is 1. The Hall–Kier alpha value is -1.18. The van der Waals surface area contributed by atoms with Crippen LogP contribution in [0.15, 0.2) is 0 Å². The Morgan fingerprint density at radius 3 is 2.81 bits per heavy atom. The summed E-state index contributed by atoms with van der Waals surface area (Å²) in [7, 11) is 2.02. The zero-order valence-electron chi connectivity index (χ0n) is 12.6. The largest absolute Gasteiger partial charge is 0.381 e. The van der Waals surface area contributed by atoms with Crippen LogP contribution in [0.3, 0.4) is 0 Å². The van der Waals surface area contributed by atoms with Crippen molar-refractivity contribution in [1.29, 1.82) is 0 Å². The third kappa shape index (κ3) is 4.94. The van der Waals surface area contributed by atoms with Crippen molar-refractivity contribution in [3.05, 3.63) is 0 Å². The van der Waals surface area contributed by atoms with E-state index in [1.807, 2.05) is 7.05 Å². The first-order valence-electron chi connectivity index (χ1n) is 7.51. The maximum Gasteiger partial charge on any atom is 0.237 e. The number of carbonyl (C=O) groups is 2. The van der Waals surface area contributed by atoms with Gasteiger partial charge in [-0.1, -0.05) is 0 Å². The summed E-state index contributed by atoms with van der Waals surface area (Å²) in [6, 6.07) is 0. The molecule has 0 radical (unpaired) electrons. The molecule has 0 aromatic carbocycles. The van der Waals surface area contributed by atoms with Gasteiger partial charge in [0, 0.05) is 26.2 Å². The van der Waals surface area contributed by atoms with E-state index >= 15 is 0 Å². The first kappa shape index (κ1) is 16.2. The summed E-state index contributed by atoms with van der Waals surface area (Å²) in [6.45, 7) is 3.77. The van der Waals surface area contributed by atoms with Gasteiger partial charge in [-0.3, -0.25) is 9.59 Å². The molecule has 0 aromatic rings. The lowest BCUT2D eigenvalue weighted by molar-refractivity contribution is -0.145. The van der Waals surface area contributed by atoms with E-state index in [9.17, 15) is 9.59 Å². The molecule has 2 amide bonds. The highest BCUT2D eigenvalue weighted by atomic mass is 16.5. The summed E-state index contributed by atoms with van der Waals surface area (Å²) in [5.74, 6) is -0.714. The fraction of sp³-hybridized carbons (Fsp3) is 0.857. The molecule has 0 unspecified atom stereocenters. The molecular weight excluding hydrogens is 274 g/mol. The summed E-state index contributed by atoms with van der Waals surface area (Å²) >= 11 is 0. The molecule has 0 bridgehead atoms. The Bertz CT molecular complexity index is 371. The van der Waals surface area contributed by atoms with Crippen LogP contribution >= 0.6 is 0 Å². The van der Waals surface area contributed by atoms with Gasteiger partial charge in [0.05, 0.1) is 31.8 Å². The molecule has 120 valence electrons. The van der Waals surface area contributed by atoms with Gasteiger partial charge >= 0.3 is 0 Å². The van der Waals surface area contributed by atoms with Crippen molar-refractivity contribution < 1.29 is 19.1 Å². The van der Waals surface area contributed by atoms with Crippen LogP contribution in [0.2, 0.25) is 0 Å². The summed E-state index contributed by atoms with van der Waals surface area (Å²) in [5.41, 5.74) is 5.28. The number of nitrogens with zero attached hydrogens (tertiary/aromatic N) is 2. The van der Waals surface area contributed by atoms with Gasteiger partial charge < -0.3 is 25.0 Å². The lowest BCUT2D eigenvalue weighted by Gasteiger charge is -2.35. The third-order valence-electron chi connectivity index (χ3n) is 3.93. The van der Waals surface area contributed by atoms with E-state index in [1.54, 1.807) is 0 Å². The lowest BCUT2D eigenvalue weighted by Crippen LogP contribution is -2.51. The third-order valence-corrected chi connectivity index (χ3v) is 3.93. The van der Waals surface area contributed by atoms with Gasteiger partial charge in [0.2, 0.25) is 11.8 Å². The van der Waals surface area contributed by atoms with Gasteiger partial charge in [0.15, 0.2) is 0 Å². The molecule has 2 aliphatic heterocycles. The fourth-order valence-electron chi connectivity index (χ4n) is 2.84. The number of nitrogens with two attached hydrogens (primary N) is 1. The molecule has 2 aliphatic rings. The number of amides is 2. The van der Waals surface area contributed by atoms with Gasteiger partial charge in [-0.2, -0.15) is 0 Å². The van der Waals surface area contributed by atoms with E-state index in [-0.39, 0.29) is 24.5 Å². The molecule has 0 aliphatic carbocycles. The molecule has 7 nitrogen and oxygen atoms in total. The highest BCUT2D eigenvalue weighted by molar-refractivity contribution is 5.85. The molecule has 2 atom stereocenters. The van der Waals surface area contributed by atoms with Crippen molar-refractivity contribution in [3.8, 4) is 0 Å². The van der Waals surface area contributed by atoms with E-state index < -0.39 is 5.91 Å². The predicted molar refractivity (Wildman–Crippen MR) is 76.6 cm³/mol. The van der Waals surface area contributed by atoms with Crippen molar-refractivity contribution in [2.45, 2.75) is 18.9 Å². The molecule has 2 N–H and O–H groups in total. The second-order valence-corrected chi connectivity index (χ2v) is 5.85. The quantitative estimate of drug-likeness (QED) is 0.708. The Morgan fingerprint density at radius 2 is 2.19 bits per heavy atom. The number of likely N-dealkylation sites (N-methyl/N-ethyl adjacent to an activating group) is 1. The Morgan fingerprint density at radius 1 is 1.38 bits per heavy atom. The number of rotatable bonds is 5. The molecule has 0 aromatic heterocycles. The van der Waals surface area contributed by atoms with Gasteiger partial charge in [-0.05, 0) is 19.9 Å². The molecule has 2 fully saturated rings. The maximum absolute atomic E-state index is 12.6. The van der Waals surface area contributed by atoms with Crippen molar-refractivity contribution in [1.82, 2.24) is 9.80 Å². The summed E-state index contributed by atoms with van der Waals surface area (Å²) in [5, 5.41) is 0. The number of hydrogen-bond acceptors (Lipinski definition) is 5. The molecule has 2 heterocycles. The number of carbonyl (C=O) groups excluding carboxylic acids is 2. The summed E-state index contributed by atoms with van der Waals surface area (Å²) in [6.07, 6.45) is 1.61. The van der Waals surface area contributed by atoms with Crippen LogP contribution in [-0.4, -0.2) is 80.8 Å². The average Bonchev–Trinajstić information content (AvgIpc) is 2.46. The van der Waals surface area contributed by atoms with Crippen molar-refractivity contribution in [2.75, 3.05) is 53.0 Å². The second kappa shape index (κ2) is 7.72. The van der Waals surface area contributed by atoms with Crippen LogP contribution in [0.25, 0.3) is 0 Å². The van der Waals surface area contributed by atoms with E-state index in [1.165, 1.54) is 4.90 Å². The molecule has 21 heavy (non-hydrogen) atoms. The number of hydrogen-bond donors (Lipinski definition) is 1. The summed E-state index contributed by atoms with van der Waals surface area (Å²) < 4.78 is 11.0. The fourth-order valence-corrected chi connectivity index (χ4v) is 2.84. The normalized spacial score (nSPS) is 27.3.